The predicted octanol–water partition coefficient (Wildman–Crippen LogP) is 0.674. The van der Waals surface area contributed by atoms with Crippen molar-refractivity contribution in [2.24, 2.45) is 5.92 Å². The molecular formula is C9H12N2O. The van der Waals surface area contributed by atoms with E-state index in [1.54, 1.807) is 6.07 Å². The van der Waals surface area contributed by atoms with Gasteiger partial charge < -0.3 is 5.32 Å². The van der Waals surface area contributed by atoms with Crippen LogP contribution in [0.1, 0.15) is 20.8 Å². The number of nitriles is 1. The molecule has 0 bridgehead atoms. The first-order valence-corrected chi connectivity index (χ1v) is 3.58. The number of hydrogen-bond acceptors (Lipinski definition) is 2. The van der Waals surface area contributed by atoms with Crippen molar-refractivity contribution in [3.8, 4) is 18.4 Å². The van der Waals surface area contributed by atoms with Crippen molar-refractivity contribution in [1.82, 2.24) is 5.32 Å². The lowest BCUT2D eigenvalue weighted by molar-refractivity contribution is -0.123. The van der Waals surface area contributed by atoms with Gasteiger partial charge in [0, 0.05) is 5.54 Å². The van der Waals surface area contributed by atoms with Gasteiger partial charge in [0.2, 0.25) is 5.91 Å². The lowest BCUT2D eigenvalue weighted by atomic mass is 10.1. The molecule has 0 heterocycles. The van der Waals surface area contributed by atoms with E-state index >= 15 is 0 Å². The average molecular weight is 164 g/mol. The van der Waals surface area contributed by atoms with E-state index in [4.69, 9.17) is 11.7 Å². The first-order valence-electron chi connectivity index (χ1n) is 3.58. The van der Waals surface area contributed by atoms with Gasteiger partial charge in [0.25, 0.3) is 0 Å². The predicted molar refractivity (Wildman–Crippen MR) is 45.8 cm³/mol. The summed E-state index contributed by atoms with van der Waals surface area (Å²) in [5.74, 6) is 0.709. The molecule has 1 atom stereocenters. The summed E-state index contributed by atoms with van der Waals surface area (Å²) < 4.78 is 0. The summed E-state index contributed by atoms with van der Waals surface area (Å²) in [7, 11) is 0. The summed E-state index contributed by atoms with van der Waals surface area (Å²) in [4.78, 5) is 11.1. The van der Waals surface area contributed by atoms with Gasteiger partial charge in [0.15, 0.2) is 5.92 Å². The maximum absolute atomic E-state index is 11.1. The molecule has 0 spiro atoms. The highest BCUT2D eigenvalue weighted by Gasteiger charge is 2.20. The number of nitrogens with one attached hydrogen (secondary N) is 1. The van der Waals surface area contributed by atoms with E-state index in [0.29, 0.717) is 0 Å². The lowest BCUT2D eigenvalue weighted by Gasteiger charge is -2.20. The zero-order chi connectivity index (χ0) is 9.78. The number of carbonyl (C=O) groups is 1. The largest absolute Gasteiger partial charge is 0.350 e. The molecule has 12 heavy (non-hydrogen) atoms. The molecule has 0 aromatic heterocycles. The molecule has 0 aromatic carbocycles. The molecular weight excluding hydrogens is 152 g/mol. The third-order valence-electron chi connectivity index (χ3n) is 1.06. The van der Waals surface area contributed by atoms with Crippen molar-refractivity contribution < 1.29 is 4.79 Å². The van der Waals surface area contributed by atoms with E-state index in [2.05, 4.69) is 11.2 Å². The Morgan fingerprint density at radius 1 is 1.58 bits per heavy atom. The van der Waals surface area contributed by atoms with Crippen LogP contribution in [0.2, 0.25) is 0 Å². The Labute approximate surface area is 72.8 Å². The molecule has 1 unspecified atom stereocenters. The van der Waals surface area contributed by atoms with Crippen LogP contribution >= 0.6 is 0 Å². The van der Waals surface area contributed by atoms with E-state index in [9.17, 15) is 4.79 Å². The van der Waals surface area contributed by atoms with Crippen LogP contribution in [0.4, 0.5) is 0 Å². The van der Waals surface area contributed by atoms with Gasteiger partial charge in [-0.05, 0) is 20.8 Å². The molecule has 0 aliphatic carbocycles. The lowest BCUT2D eigenvalue weighted by Crippen LogP contribution is -2.43. The standard InChI is InChI=1S/C9H12N2O/c1-5-7(6-10)8(12)11-9(2,3)4/h1,7H,2-4H3,(H,11,12). The fourth-order valence-electron chi connectivity index (χ4n) is 0.613. The van der Waals surface area contributed by atoms with Crippen molar-refractivity contribution in [2.45, 2.75) is 26.3 Å². The molecule has 0 radical (unpaired) electrons. The molecule has 0 saturated heterocycles. The Morgan fingerprint density at radius 3 is 2.33 bits per heavy atom. The molecule has 0 rings (SSSR count). The minimum absolute atomic E-state index is 0.344. The molecule has 0 fully saturated rings. The van der Waals surface area contributed by atoms with E-state index < -0.39 is 11.8 Å². The van der Waals surface area contributed by atoms with Gasteiger partial charge in [-0.1, -0.05) is 5.92 Å². The Kier molecular flexibility index (Phi) is 3.31. The van der Waals surface area contributed by atoms with Gasteiger partial charge in [-0.15, -0.1) is 6.42 Å². The van der Waals surface area contributed by atoms with Crippen molar-refractivity contribution in [3.63, 3.8) is 0 Å². The van der Waals surface area contributed by atoms with E-state index in [0.717, 1.165) is 0 Å². The molecule has 3 nitrogen and oxygen atoms in total. The topological polar surface area (TPSA) is 52.9 Å². The Hall–Kier alpha value is -1.48. The minimum atomic E-state index is -0.982. The monoisotopic (exact) mass is 164 g/mol. The molecule has 0 aliphatic heterocycles. The fraction of sp³-hybridized carbons (Fsp3) is 0.556. The second-order valence-electron chi connectivity index (χ2n) is 3.47. The first kappa shape index (κ1) is 10.5. The summed E-state index contributed by atoms with van der Waals surface area (Å²) in [5.41, 5.74) is -0.344. The van der Waals surface area contributed by atoms with Gasteiger partial charge in [-0.25, -0.2) is 0 Å². The van der Waals surface area contributed by atoms with Gasteiger partial charge in [-0.3, -0.25) is 4.79 Å². The number of nitrogens with zero attached hydrogens (tertiary/aromatic N) is 1. The summed E-state index contributed by atoms with van der Waals surface area (Å²) >= 11 is 0. The number of hydrogen-bond donors (Lipinski definition) is 1. The quantitative estimate of drug-likeness (QED) is 0.579. The van der Waals surface area contributed by atoms with Crippen molar-refractivity contribution >= 4 is 5.91 Å². The normalized spacial score (nSPS) is 12.4. The highest BCUT2D eigenvalue weighted by molar-refractivity contribution is 5.84. The third kappa shape index (κ3) is 3.63. The van der Waals surface area contributed by atoms with E-state index in [1.807, 2.05) is 20.8 Å². The van der Waals surface area contributed by atoms with Crippen LogP contribution < -0.4 is 5.32 Å². The third-order valence-corrected chi connectivity index (χ3v) is 1.06. The average Bonchev–Trinajstić information content (AvgIpc) is 1.85. The van der Waals surface area contributed by atoms with Crippen LogP contribution in [0.5, 0.6) is 0 Å². The molecule has 64 valence electrons. The van der Waals surface area contributed by atoms with Crippen LogP contribution in [0.25, 0.3) is 0 Å². The summed E-state index contributed by atoms with van der Waals surface area (Å²) in [5, 5.41) is 11.1. The van der Waals surface area contributed by atoms with Crippen molar-refractivity contribution in [1.29, 1.82) is 5.26 Å². The molecule has 1 amide bonds. The smallest absolute Gasteiger partial charge is 0.250 e. The van der Waals surface area contributed by atoms with Crippen LogP contribution in [0.15, 0.2) is 0 Å². The second-order valence-corrected chi connectivity index (χ2v) is 3.47. The number of terminal acetylenes is 1. The number of amides is 1. The Balaban J connectivity index is 4.27. The van der Waals surface area contributed by atoms with E-state index in [-0.39, 0.29) is 5.54 Å². The second kappa shape index (κ2) is 3.78. The Morgan fingerprint density at radius 2 is 2.08 bits per heavy atom. The first-order chi connectivity index (χ1) is 5.40. The highest BCUT2D eigenvalue weighted by Crippen LogP contribution is 2.01. The SMILES string of the molecule is C#CC(C#N)C(=O)NC(C)(C)C. The maximum Gasteiger partial charge on any atom is 0.250 e. The summed E-state index contributed by atoms with van der Waals surface area (Å²) in [6.07, 6.45) is 4.97. The zero-order valence-corrected chi connectivity index (χ0v) is 7.51. The molecule has 0 aromatic rings. The molecule has 3 heteroatoms. The summed E-state index contributed by atoms with van der Waals surface area (Å²) in [6, 6.07) is 1.73. The molecule has 0 saturated carbocycles. The Bertz CT molecular complexity index is 235. The van der Waals surface area contributed by atoms with Gasteiger partial charge in [0.1, 0.15) is 0 Å². The van der Waals surface area contributed by atoms with E-state index in [1.165, 1.54) is 0 Å². The van der Waals surface area contributed by atoms with Crippen LogP contribution in [-0.2, 0) is 4.79 Å². The van der Waals surface area contributed by atoms with Gasteiger partial charge in [0.05, 0.1) is 6.07 Å². The highest BCUT2D eigenvalue weighted by atomic mass is 16.2. The van der Waals surface area contributed by atoms with Gasteiger partial charge in [-0.2, -0.15) is 5.26 Å². The van der Waals surface area contributed by atoms with Crippen molar-refractivity contribution in [3.05, 3.63) is 0 Å². The van der Waals surface area contributed by atoms with Crippen LogP contribution in [0, 0.1) is 29.6 Å². The van der Waals surface area contributed by atoms with Gasteiger partial charge >= 0.3 is 0 Å². The molecule has 1 N–H and O–H groups in total. The number of rotatable bonds is 1. The fourth-order valence-corrected chi connectivity index (χ4v) is 0.613. The van der Waals surface area contributed by atoms with Crippen molar-refractivity contribution in [2.75, 3.05) is 0 Å². The number of carbonyl (C=O) groups excluding carboxylic acids is 1. The maximum atomic E-state index is 11.1. The zero-order valence-electron chi connectivity index (χ0n) is 7.51. The molecule has 0 aliphatic rings. The minimum Gasteiger partial charge on any atom is -0.350 e. The summed E-state index contributed by atoms with van der Waals surface area (Å²) in [6.45, 7) is 5.49. The van der Waals surface area contributed by atoms with Crippen LogP contribution in [0.3, 0.4) is 0 Å². The van der Waals surface area contributed by atoms with Crippen LogP contribution in [-0.4, -0.2) is 11.4 Å².